The first-order chi connectivity index (χ1) is 6.25. The van der Waals surface area contributed by atoms with E-state index in [9.17, 15) is 4.79 Å². The molecule has 1 N–H and O–H groups in total. The van der Waals surface area contributed by atoms with E-state index in [1.165, 1.54) is 0 Å². The molecule has 0 fully saturated rings. The van der Waals surface area contributed by atoms with Crippen LogP contribution < -0.4 is 0 Å². The van der Waals surface area contributed by atoms with E-state index >= 15 is 0 Å². The standard InChI is InChI=1S/C10H11NO2/c1-2-13-10(12)9(11)8-6-4-3-5-7-8/h3-7,11H,2H2,1H3. The Balaban J connectivity index is 2.74. The van der Waals surface area contributed by atoms with E-state index in [1.54, 1.807) is 31.2 Å². The highest BCUT2D eigenvalue weighted by molar-refractivity contribution is 6.41. The summed E-state index contributed by atoms with van der Waals surface area (Å²) in [5.41, 5.74) is 0.489. The molecule has 3 nitrogen and oxygen atoms in total. The zero-order valence-corrected chi connectivity index (χ0v) is 7.41. The van der Waals surface area contributed by atoms with Crippen LogP contribution in [-0.2, 0) is 9.53 Å². The van der Waals surface area contributed by atoms with Crippen molar-refractivity contribution in [1.82, 2.24) is 0 Å². The lowest BCUT2D eigenvalue weighted by Gasteiger charge is -2.02. The second-order valence-electron chi connectivity index (χ2n) is 2.46. The summed E-state index contributed by atoms with van der Waals surface area (Å²) in [5.74, 6) is -0.575. The topological polar surface area (TPSA) is 50.2 Å². The minimum atomic E-state index is -0.575. The fourth-order valence-electron chi connectivity index (χ4n) is 0.926. The molecule has 0 bridgehead atoms. The van der Waals surface area contributed by atoms with Crippen molar-refractivity contribution in [3.05, 3.63) is 35.9 Å². The number of rotatable bonds is 3. The van der Waals surface area contributed by atoms with Crippen molar-refractivity contribution in [2.24, 2.45) is 0 Å². The van der Waals surface area contributed by atoms with Crippen LogP contribution in [0.1, 0.15) is 12.5 Å². The van der Waals surface area contributed by atoms with Crippen LogP contribution in [-0.4, -0.2) is 18.3 Å². The number of esters is 1. The van der Waals surface area contributed by atoms with E-state index in [4.69, 9.17) is 10.1 Å². The molecule has 0 spiro atoms. The third-order valence-corrected chi connectivity index (χ3v) is 1.54. The summed E-state index contributed by atoms with van der Waals surface area (Å²) in [7, 11) is 0. The summed E-state index contributed by atoms with van der Waals surface area (Å²) in [6.07, 6.45) is 0. The molecular formula is C10H11NO2. The molecule has 0 aliphatic carbocycles. The average Bonchev–Trinajstić information content (AvgIpc) is 2.18. The molecule has 0 heterocycles. The van der Waals surface area contributed by atoms with Gasteiger partial charge in [0.05, 0.1) is 6.61 Å². The number of hydrogen-bond acceptors (Lipinski definition) is 3. The maximum absolute atomic E-state index is 11.1. The molecule has 1 aromatic carbocycles. The van der Waals surface area contributed by atoms with E-state index in [0.717, 1.165) is 0 Å². The van der Waals surface area contributed by atoms with Gasteiger partial charge in [0.1, 0.15) is 5.71 Å². The monoisotopic (exact) mass is 177 g/mol. The Morgan fingerprint density at radius 2 is 2.00 bits per heavy atom. The highest BCUT2D eigenvalue weighted by atomic mass is 16.5. The summed E-state index contributed by atoms with van der Waals surface area (Å²) in [6, 6.07) is 8.81. The van der Waals surface area contributed by atoms with Gasteiger partial charge in [0.2, 0.25) is 0 Å². The maximum Gasteiger partial charge on any atom is 0.356 e. The fraction of sp³-hybridized carbons (Fsp3) is 0.200. The Morgan fingerprint density at radius 3 is 2.54 bits per heavy atom. The molecule has 0 unspecified atom stereocenters. The Kier molecular flexibility index (Phi) is 3.20. The second kappa shape index (κ2) is 4.40. The van der Waals surface area contributed by atoms with Crippen molar-refractivity contribution in [1.29, 1.82) is 5.41 Å². The lowest BCUT2D eigenvalue weighted by atomic mass is 10.1. The number of nitrogens with one attached hydrogen (secondary N) is 1. The van der Waals surface area contributed by atoms with Crippen LogP contribution in [0.15, 0.2) is 30.3 Å². The first-order valence-corrected chi connectivity index (χ1v) is 4.06. The van der Waals surface area contributed by atoms with Crippen molar-refractivity contribution in [3.8, 4) is 0 Å². The largest absolute Gasteiger partial charge is 0.461 e. The van der Waals surface area contributed by atoms with E-state index in [0.29, 0.717) is 12.2 Å². The SMILES string of the molecule is CCOC(=O)C(=N)c1ccccc1. The van der Waals surface area contributed by atoms with E-state index < -0.39 is 5.97 Å². The molecule has 0 aliphatic rings. The van der Waals surface area contributed by atoms with Gasteiger partial charge < -0.3 is 4.74 Å². The number of carbonyl (C=O) groups excluding carboxylic acids is 1. The van der Waals surface area contributed by atoms with Gasteiger partial charge in [-0.25, -0.2) is 4.79 Å². The van der Waals surface area contributed by atoms with E-state index in [1.807, 2.05) is 6.07 Å². The average molecular weight is 177 g/mol. The Hall–Kier alpha value is -1.64. The second-order valence-corrected chi connectivity index (χ2v) is 2.46. The maximum atomic E-state index is 11.1. The van der Waals surface area contributed by atoms with Crippen molar-refractivity contribution < 1.29 is 9.53 Å². The minimum absolute atomic E-state index is 0.0950. The van der Waals surface area contributed by atoms with Gasteiger partial charge in [0.15, 0.2) is 0 Å². The Bertz CT molecular complexity index is 306. The first kappa shape index (κ1) is 9.45. The van der Waals surface area contributed by atoms with E-state index in [-0.39, 0.29) is 5.71 Å². The molecule has 0 aromatic heterocycles. The Morgan fingerprint density at radius 1 is 1.38 bits per heavy atom. The molecule has 0 radical (unpaired) electrons. The quantitative estimate of drug-likeness (QED) is 0.563. The number of benzene rings is 1. The van der Waals surface area contributed by atoms with Crippen LogP contribution in [0.4, 0.5) is 0 Å². The smallest absolute Gasteiger partial charge is 0.356 e. The van der Waals surface area contributed by atoms with Gasteiger partial charge in [-0.1, -0.05) is 30.3 Å². The number of carbonyl (C=O) groups is 1. The number of ether oxygens (including phenoxy) is 1. The lowest BCUT2D eigenvalue weighted by molar-refractivity contribution is -0.135. The Labute approximate surface area is 76.9 Å². The van der Waals surface area contributed by atoms with Crippen LogP contribution in [0.25, 0.3) is 0 Å². The summed E-state index contributed by atoms with van der Waals surface area (Å²) < 4.78 is 4.69. The van der Waals surface area contributed by atoms with Gasteiger partial charge in [0, 0.05) is 5.56 Å². The van der Waals surface area contributed by atoms with Crippen molar-refractivity contribution in [3.63, 3.8) is 0 Å². The highest BCUT2D eigenvalue weighted by Gasteiger charge is 2.11. The van der Waals surface area contributed by atoms with Crippen molar-refractivity contribution in [2.45, 2.75) is 6.92 Å². The first-order valence-electron chi connectivity index (χ1n) is 4.06. The molecule has 0 atom stereocenters. The molecule has 0 saturated heterocycles. The zero-order chi connectivity index (χ0) is 9.68. The predicted molar refractivity (Wildman–Crippen MR) is 49.9 cm³/mol. The van der Waals surface area contributed by atoms with Crippen molar-refractivity contribution >= 4 is 11.7 Å². The molecule has 0 aliphatic heterocycles. The van der Waals surface area contributed by atoms with Crippen LogP contribution in [0.5, 0.6) is 0 Å². The third-order valence-electron chi connectivity index (χ3n) is 1.54. The summed E-state index contributed by atoms with van der Waals surface area (Å²) >= 11 is 0. The lowest BCUT2D eigenvalue weighted by Crippen LogP contribution is -2.17. The molecule has 68 valence electrons. The van der Waals surface area contributed by atoms with Gasteiger partial charge in [-0.2, -0.15) is 0 Å². The fourth-order valence-corrected chi connectivity index (χ4v) is 0.926. The van der Waals surface area contributed by atoms with Crippen LogP contribution in [0.2, 0.25) is 0 Å². The van der Waals surface area contributed by atoms with Gasteiger partial charge in [0.25, 0.3) is 0 Å². The van der Waals surface area contributed by atoms with Crippen LogP contribution in [0, 0.1) is 5.41 Å². The normalized spacial score (nSPS) is 9.31. The molecule has 3 heteroatoms. The predicted octanol–water partition coefficient (Wildman–Crippen LogP) is 1.62. The van der Waals surface area contributed by atoms with Gasteiger partial charge >= 0.3 is 5.97 Å². The third kappa shape index (κ3) is 2.40. The molecule has 13 heavy (non-hydrogen) atoms. The summed E-state index contributed by atoms with van der Waals surface area (Å²) in [6.45, 7) is 2.02. The molecular weight excluding hydrogens is 166 g/mol. The van der Waals surface area contributed by atoms with Crippen LogP contribution in [0.3, 0.4) is 0 Å². The van der Waals surface area contributed by atoms with Crippen molar-refractivity contribution in [2.75, 3.05) is 6.61 Å². The number of hydrogen-bond donors (Lipinski definition) is 1. The molecule has 0 saturated carbocycles. The van der Waals surface area contributed by atoms with Gasteiger partial charge in [-0.3, -0.25) is 5.41 Å². The summed E-state index contributed by atoms with van der Waals surface area (Å²) in [5, 5.41) is 7.46. The van der Waals surface area contributed by atoms with Crippen LogP contribution >= 0.6 is 0 Å². The van der Waals surface area contributed by atoms with E-state index in [2.05, 4.69) is 0 Å². The highest BCUT2D eigenvalue weighted by Crippen LogP contribution is 2.00. The molecule has 0 amide bonds. The molecule has 1 rings (SSSR count). The zero-order valence-electron chi connectivity index (χ0n) is 7.41. The van der Waals surface area contributed by atoms with Gasteiger partial charge in [-0.15, -0.1) is 0 Å². The van der Waals surface area contributed by atoms with Gasteiger partial charge in [-0.05, 0) is 6.92 Å². The molecule has 1 aromatic rings. The summed E-state index contributed by atoms with van der Waals surface area (Å²) in [4.78, 5) is 11.1. The minimum Gasteiger partial charge on any atom is -0.461 e.